The maximum absolute atomic E-state index is 11.0. The van der Waals surface area contributed by atoms with Crippen LogP contribution in [0.4, 0.5) is 0 Å². The largest absolute Gasteiger partial charge is 0.386 e. The smallest absolute Gasteiger partial charge is 0.0960 e. The maximum Gasteiger partial charge on any atom is 0.0960 e. The molecule has 0 saturated carbocycles. The first-order chi connectivity index (χ1) is 18.2. The van der Waals surface area contributed by atoms with E-state index in [1.165, 1.54) is 5.56 Å². The number of aliphatic hydroxyl groups is 1. The lowest BCUT2D eigenvalue weighted by molar-refractivity contribution is 0.0552. The van der Waals surface area contributed by atoms with Crippen molar-refractivity contribution < 1.29 is 9.84 Å². The lowest BCUT2D eigenvalue weighted by atomic mass is 9.86. The van der Waals surface area contributed by atoms with Crippen LogP contribution in [0.2, 0.25) is 5.02 Å². The Balaban J connectivity index is 1.72. The highest BCUT2D eigenvalue weighted by Gasteiger charge is 2.31. The molecule has 8 heteroatoms. The summed E-state index contributed by atoms with van der Waals surface area (Å²) < 4.78 is 9.97. The fourth-order valence-electron chi connectivity index (χ4n) is 5.99. The highest BCUT2D eigenvalue weighted by atomic mass is 35.5. The van der Waals surface area contributed by atoms with Gasteiger partial charge in [0.25, 0.3) is 0 Å². The van der Waals surface area contributed by atoms with Crippen LogP contribution in [0.3, 0.4) is 0 Å². The molecule has 3 aromatic heterocycles. The van der Waals surface area contributed by atoms with Crippen molar-refractivity contribution in [2.75, 3.05) is 13.2 Å². The summed E-state index contributed by atoms with van der Waals surface area (Å²) in [7, 11) is 1.90. The number of aromatic nitrogens is 5. The van der Waals surface area contributed by atoms with E-state index in [2.05, 4.69) is 51.3 Å². The number of aryl methyl sites for hydroxylation is 2. The van der Waals surface area contributed by atoms with Crippen molar-refractivity contribution in [1.82, 2.24) is 24.5 Å². The summed E-state index contributed by atoms with van der Waals surface area (Å²) in [5.41, 5.74) is 6.50. The number of pyridine rings is 1. The fourth-order valence-corrected chi connectivity index (χ4v) is 6.39. The normalized spacial score (nSPS) is 15.9. The Morgan fingerprint density at radius 2 is 1.82 bits per heavy atom. The SMILES string of the molecule is Cc1nnn(C)c1-c1cnc2c3cc(Cl)c(C(C)(C)O)cc3n([C@H](c3ccccc3)C3CCOCC3)c2c1. The van der Waals surface area contributed by atoms with E-state index in [9.17, 15) is 5.11 Å². The van der Waals surface area contributed by atoms with Crippen LogP contribution in [0, 0.1) is 12.8 Å². The second-order valence-corrected chi connectivity index (χ2v) is 11.2. The number of hydrogen-bond donors (Lipinski definition) is 1. The molecule has 0 aliphatic carbocycles. The molecule has 6 rings (SSSR count). The number of hydrogen-bond acceptors (Lipinski definition) is 5. The molecule has 1 saturated heterocycles. The minimum absolute atomic E-state index is 0.0544. The molecule has 1 aliphatic rings. The molecule has 0 spiro atoms. The van der Waals surface area contributed by atoms with Gasteiger partial charge in [0.15, 0.2) is 0 Å². The summed E-state index contributed by atoms with van der Waals surface area (Å²) in [5.74, 6) is 0.370. The molecule has 1 aliphatic heterocycles. The Morgan fingerprint density at radius 1 is 1.08 bits per heavy atom. The Kier molecular flexibility index (Phi) is 6.25. The van der Waals surface area contributed by atoms with E-state index < -0.39 is 5.60 Å². The number of halogens is 1. The van der Waals surface area contributed by atoms with Gasteiger partial charge in [-0.1, -0.05) is 47.1 Å². The highest BCUT2D eigenvalue weighted by molar-refractivity contribution is 6.32. The van der Waals surface area contributed by atoms with E-state index in [4.69, 9.17) is 21.3 Å². The van der Waals surface area contributed by atoms with Crippen molar-refractivity contribution in [3.8, 4) is 11.3 Å². The monoisotopic (exact) mass is 529 g/mol. The number of benzene rings is 2. The molecule has 196 valence electrons. The third-order valence-corrected chi connectivity index (χ3v) is 8.10. The van der Waals surface area contributed by atoms with E-state index in [-0.39, 0.29) is 6.04 Å². The van der Waals surface area contributed by atoms with E-state index in [1.807, 2.05) is 32.3 Å². The van der Waals surface area contributed by atoms with Gasteiger partial charge in [0.05, 0.1) is 39.6 Å². The van der Waals surface area contributed by atoms with Crippen LogP contribution >= 0.6 is 11.6 Å². The van der Waals surface area contributed by atoms with Gasteiger partial charge < -0.3 is 14.4 Å². The minimum Gasteiger partial charge on any atom is -0.386 e. The van der Waals surface area contributed by atoms with Crippen molar-refractivity contribution in [2.45, 2.75) is 45.3 Å². The molecule has 7 nitrogen and oxygen atoms in total. The summed E-state index contributed by atoms with van der Waals surface area (Å²) >= 11 is 6.76. The van der Waals surface area contributed by atoms with Gasteiger partial charge in [0, 0.05) is 48.0 Å². The lowest BCUT2D eigenvalue weighted by Gasteiger charge is -2.33. The predicted octanol–water partition coefficient (Wildman–Crippen LogP) is 6.19. The van der Waals surface area contributed by atoms with E-state index >= 15 is 0 Å². The molecular weight excluding hydrogens is 498 g/mol. The van der Waals surface area contributed by atoms with Crippen molar-refractivity contribution in [1.29, 1.82) is 0 Å². The molecule has 0 amide bonds. The van der Waals surface area contributed by atoms with Crippen LogP contribution in [-0.4, -0.2) is 42.9 Å². The predicted molar refractivity (Wildman–Crippen MR) is 150 cm³/mol. The summed E-state index contributed by atoms with van der Waals surface area (Å²) in [5, 5.41) is 21.0. The Bertz CT molecular complexity index is 1610. The molecule has 1 N–H and O–H groups in total. The van der Waals surface area contributed by atoms with E-state index in [1.54, 1.807) is 18.5 Å². The molecule has 0 bridgehead atoms. The standard InChI is InChI=1S/C30H32ClN5O2/c1-18-28(35(4)34-33-18)21-14-26-27(32-17-21)22-15-24(31)23(30(2,3)37)16-25(22)36(26)29(19-8-6-5-7-9-19)20-10-12-38-13-11-20/h5-9,14-17,20,29,37H,10-13H2,1-4H3/t29-/m1/s1. The third kappa shape index (κ3) is 4.19. The maximum atomic E-state index is 11.0. The van der Waals surface area contributed by atoms with Gasteiger partial charge in [0.1, 0.15) is 0 Å². The molecule has 0 unspecified atom stereocenters. The van der Waals surface area contributed by atoms with Gasteiger partial charge in [-0.3, -0.25) is 4.98 Å². The van der Waals surface area contributed by atoms with Gasteiger partial charge in [-0.15, -0.1) is 5.10 Å². The van der Waals surface area contributed by atoms with Gasteiger partial charge in [0.2, 0.25) is 0 Å². The van der Waals surface area contributed by atoms with Crippen LogP contribution < -0.4 is 0 Å². The first-order valence-corrected chi connectivity index (χ1v) is 13.5. The zero-order valence-corrected chi connectivity index (χ0v) is 22.9. The molecule has 38 heavy (non-hydrogen) atoms. The van der Waals surface area contributed by atoms with Crippen LogP contribution in [0.5, 0.6) is 0 Å². The van der Waals surface area contributed by atoms with Crippen molar-refractivity contribution in [2.24, 2.45) is 13.0 Å². The van der Waals surface area contributed by atoms with Gasteiger partial charge >= 0.3 is 0 Å². The minimum atomic E-state index is -1.09. The second kappa shape index (κ2) is 9.49. The first-order valence-electron chi connectivity index (χ1n) is 13.1. The Morgan fingerprint density at radius 3 is 2.47 bits per heavy atom. The lowest BCUT2D eigenvalue weighted by Crippen LogP contribution is -2.27. The molecule has 1 atom stereocenters. The number of ether oxygens (including phenoxy) is 1. The molecule has 5 aromatic rings. The molecular formula is C30H32ClN5O2. The number of nitrogens with zero attached hydrogens (tertiary/aromatic N) is 5. The van der Waals surface area contributed by atoms with Gasteiger partial charge in [-0.25, -0.2) is 4.68 Å². The summed E-state index contributed by atoms with van der Waals surface area (Å²) in [4.78, 5) is 4.99. The molecule has 4 heterocycles. The topological polar surface area (TPSA) is 78.0 Å². The quantitative estimate of drug-likeness (QED) is 0.294. The van der Waals surface area contributed by atoms with Crippen molar-refractivity contribution >= 4 is 33.5 Å². The fraction of sp³-hybridized carbons (Fsp3) is 0.367. The first kappa shape index (κ1) is 25.0. The summed E-state index contributed by atoms with van der Waals surface area (Å²) in [6, 6.07) is 16.9. The molecule has 0 radical (unpaired) electrons. The van der Waals surface area contributed by atoms with Crippen molar-refractivity contribution in [3.63, 3.8) is 0 Å². The second-order valence-electron chi connectivity index (χ2n) is 10.8. The van der Waals surface area contributed by atoms with E-state index in [0.717, 1.165) is 64.9 Å². The van der Waals surface area contributed by atoms with Crippen molar-refractivity contribution in [3.05, 3.63) is 76.6 Å². The average Bonchev–Trinajstić information content (AvgIpc) is 3.40. The van der Waals surface area contributed by atoms with E-state index in [0.29, 0.717) is 16.5 Å². The van der Waals surface area contributed by atoms with Crippen LogP contribution in [0.1, 0.15) is 49.6 Å². The zero-order chi connectivity index (χ0) is 26.6. The average molecular weight is 530 g/mol. The van der Waals surface area contributed by atoms with Crippen LogP contribution in [0.15, 0.2) is 54.7 Å². The number of rotatable bonds is 5. The Hall–Kier alpha value is -3.26. The molecule has 1 fully saturated rings. The zero-order valence-electron chi connectivity index (χ0n) is 22.1. The molecule has 2 aromatic carbocycles. The highest BCUT2D eigenvalue weighted by Crippen LogP contribution is 2.43. The summed E-state index contributed by atoms with van der Waals surface area (Å²) in [6.45, 7) is 7.00. The third-order valence-electron chi connectivity index (χ3n) is 7.79. The van der Waals surface area contributed by atoms with Gasteiger partial charge in [-0.2, -0.15) is 0 Å². The Labute approximate surface area is 227 Å². The van der Waals surface area contributed by atoms with Crippen LogP contribution in [0.25, 0.3) is 33.2 Å². The van der Waals surface area contributed by atoms with Gasteiger partial charge in [-0.05, 0) is 63.3 Å². The summed E-state index contributed by atoms with van der Waals surface area (Å²) in [6.07, 6.45) is 3.82. The van der Waals surface area contributed by atoms with Crippen LogP contribution in [-0.2, 0) is 17.4 Å². The number of fused-ring (bicyclic) bond motifs is 3.